The molecule has 4 nitrogen and oxygen atoms in total. The van der Waals surface area contributed by atoms with Gasteiger partial charge in [-0.15, -0.1) is 0 Å². The Kier molecular flexibility index (Phi) is 3.13. The van der Waals surface area contributed by atoms with Crippen LogP contribution in [0.25, 0.3) is 0 Å². The average Bonchev–Trinajstić information content (AvgIpc) is 2.70. The van der Waals surface area contributed by atoms with E-state index in [2.05, 4.69) is 4.90 Å². The Morgan fingerprint density at radius 2 is 1.90 bits per heavy atom. The van der Waals surface area contributed by atoms with Gasteiger partial charge in [-0.2, -0.15) is 0 Å². The van der Waals surface area contributed by atoms with Crippen molar-refractivity contribution in [3.05, 3.63) is 35.4 Å². The zero-order valence-corrected chi connectivity index (χ0v) is 11.6. The van der Waals surface area contributed by atoms with Crippen LogP contribution in [-0.4, -0.2) is 40.9 Å². The van der Waals surface area contributed by atoms with Crippen LogP contribution in [0.4, 0.5) is 0 Å². The molecule has 0 saturated carbocycles. The maximum absolute atomic E-state index is 12.7. The molecule has 20 heavy (non-hydrogen) atoms. The maximum atomic E-state index is 12.7. The second-order valence-corrected chi connectivity index (χ2v) is 5.92. The summed E-state index contributed by atoms with van der Waals surface area (Å²) in [5.41, 5.74) is 0.103. The Morgan fingerprint density at radius 1 is 1.25 bits per heavy atom. The minimum atomic E-state index is -1.13. The van der Waals surface area contributed by atoms with Crippen molar-refractivity contribution in [3.63, 3.8) is 0 Å². The molecule has 2 atom stereocenters. The van der Waals surface area contributed by atoms with E-state index in [9.17, 15) is 14.7 Å². The summed E-state index contributed by atoms with van der Waals surface area (Å²) in [5, 5.41) is 9.76. The molecule has 3 rings (SSSR count). The van der Waals surface area contributed by atoms with Crippen LogP contribution in [0.5, 0.6) is 0 Å². The molecule has 0 bridgehead atoms. The predicted molar refractivity (Wildman–Crippen MR) is 75.0 cm³/mol. The molecule has 1 aromatic rings. The first-order valence-electron chi connectivity index (χ1n) is 7.18. The SMILES string of the molecule is CC1(C(=O)O)c2ccccc2C(=O)C1N1CCCCC1. The number of nitrogens with zero attached hydrogens (tertiary/aromatic N) is 1. The van der Waals surface area contributed by atoms with Gasteiger partial charge in [0.2, 0.25) is 0 Å². The van der Waals surface area contributed by atoms with Gasteiger partial charge in [-0.05, 0) is 38.4 Å². The van der Waals surface area contributed by atoms with Gasteiger partial charge < -0.3 is 5.11 Å². The second kappa shape index (κ2) is 4.70. The van der Waals surface area contributed by atoms with Crippen molar-refractivity contribution in [3.8, 4) is 0 Å². The smallest absolute Gasteiger partial charge is 0.315 e. The van der Waals surface area contributed by atoms with E-state index in [4.69, 9.17) is 0 Å². The molecule has 0 spiro atoms. The summed E-state index contributed by atoms with van der Waals surface area (Å²) in [6, 6.07) is 6.59. The quantitative estimate of drug-likeness (QED) is 0.896. The van der Waals surface area contributed by atoms with Crippen LogP contribution in [0.3, 0.4) is 0 Å². The van der Waals surface area contributed by atoms with Crippen molar-refractivity contribution < 1.29 is 14.7 Å². The third kappa shape index (κ3) is 1.71. The zero-order valence-electron chi connectivity index (χ0n) is 11.6. The number of hydrogen-bond donors (Lipinski definition) is 1. The van der Waals surface area contributed by atoms with E-state index >= 15 is 0 Å². The minimum absolute atomic E-state index is 0.0348. The van der Waals surface area contributed by atoms with Crippen molar-refractivity contribution in [1.82, 2.24) is 4.90 Å². The molecular formula is C16H19NO3. The Labute approximate surface area is 118 Å². The molecule has 1 heterocycles. The topological polar surface area (TPSA) is 57.6 Å². The first-order valence-corrected chi connectivity index (χ1v) is 7.18. The third-order valence-electron chi connectivity index (χ3n) is 4.75. The first kappa shape index (κ1) is 13.3. The number of aliphatic carboxylic acids is 1. The highest BCUT2D eigenvalue weighted by molar-refractivity contribution is 6.11. The number of carbonyl (C=O) groups excluding carboxylic acids is 1. The van der Waals surface area contributed by atoms with E-state index < -0.39 is 17.4 Å². The highest BCUT2D eigenvalue weighted by atomic mass is 16.4. The monoisotopic (exact) mass is 273 g/mol. The molecule has 1 fully saturated rings. The van der Waals surface area contributed by atoms with Crippen molar-refractivity contribution >= 4 is 11.8 Å². The Balaban J connectivity index is 2.10. The van der Waals surface area contributed by atoms with Gasteiger partial charge in [-0.1, -0.05) is 30.7 Å². The molecular weight excluding hydrogens is 254 g/mol. The number of carboxylic acids is 1. The Hall–Kier alpha value is -1.68. The summed E-state index contributed by atoms with van der Waals surface area (Å²) < 4.78 is 0. The number of hydrogen-bond acceptors (Lipinski definition) is 3. The number of benzene rings is 1. The molecule has 2 unspecified atom stereocenters. The van der Waals surface area contributed by atoms with Gasteiger partial charge in [-0.3, -0.25) is 14.5 Å². The van der Waals surface area contributed by atoms with E-state index in [1.807, 2.05) is 6.07 Å². The number of rotatable bonds is 2. The average molecular weight is 273 g/mol. The fraction of sp³-hybridized carbons (Fsp3) is 0.500. The molecule has 4 heteroatoms. The van der Waals surface area contributed by atoms with Crippen LogP contribution in [0.1, 0.15) is 42.1 Å². The first-order chi connectivity index (χ1) is 9.56. The van der Waals surface area contributed by atoms with Gasteiger partial charge in [0.15, 0.2) is 5.78 Å². The molecule has 1 saturated heterocycles. The van der Waals surface area contributed by atoms with Gasteiger partial charge in [0.1, 0.15) is 5.41 Å². The summed E-state index contributed by atoms with van der Waals surface area (Å²) in [5.74, 6) is -0.946. The van der Waals surface area contributed by atoms with Crippen molar-refractivity contribution in [1.29, 1.82) is 0 Å². The van der Waals surface area contributed by atoms with Gasteiger partial charge in [-0.25, -0.2) is 0 Å². The minimum Gasteiger partial charge on any atom is -0.481 e. The number of likely N-dealkylation sites (tertiary alicyclic amines) is 1. The number of carboxylic acid groups (broad SMARTS) is 1. The number of Topliss-reactive ketones (excluding diaryl/α,β-unsaturated/α-hetero) is 1. The van der Waals surface area contributed by atoms with Crippen LogP contribution >= 0.6 is 0 Å². The fourth-order valence-corrected chi connectivity index (χ4v) is 3.65. The molecule has 0 radical (unpaired) electrons. The van der Waals surface area contributed by atoms with Crippen molar-refractivity contribution in [2.24, 2.45) is 0 Å². The van der Waals surface area contributed by atoms with Crippen LogP contribution in [0.2, 0.25) is 0 Å². The van der Waals surface area contributed by atoms with E-state index in [0.29, 0.717) is 11.1 Å². The van der Waals surface area contributed by atoms with E-state index in [1.54, 1.807) is 25.1 Å². The van der Waals surface area contributed by atoms with Gasteiger partial charge in [0, 0.05) is 5.56 Å². The fourth-order valence-electron chi connectivity index (χ4n) is 3.65. The van der Waals surface area contributed by atoms with Crippen LogP contribution in [-0.2, 0) is 10.2 Å². The van der Waals surface area contributed by atoms with Gasteiger partial charge in [0.25, 0.3) is 0 Å². The van der Waals surface area contributed by atoms with Gasteiger partial charge >= 0.3 is 5.97 Å². The molecule has 1 aromatic carbocycles. The standard InChI is InChI=1S/C16H19NO3/c1-16(15(19)20)12-8-4-3-7-11(12)13(18)14(16)17-9-5-2-6-10-17/h3-4,7-8,14H,2,5-6,9-10H2,1H3,(H,19,20). The summed E-state index contributed by atoms with van der Waals surface area (Å²) in [6.45, 7) is 3.32. The normalized spacial score (nSPS) is 30.2. The predicted octanol–water partition coefficient (Wildman–Crippen LogP) is 2.08. The summed E-state index contributed by atoms with van der Waals surface area (Å²) in [4.78, 5) is 26.7. The molecule has 0 amide bonds. The molecule has 106 valence electrons. The second-order valence-electron chi connectivity index (χ2n) is 5.92. The van der Waals surface area contributed by atoms with E-state index in [1.165, 1.54) is 0 Å². The highest BCUT2D eigenvalue weighted by Gasteiger charge is 2.56. The largest absolute Gasteiger partial charge is 0.481 e. The van der Waals surface area contributed by atoms with Crippen molar-refractivity contribution in [2.45, 2.75) is 37.6 Å². The van der Waals surface area contributed by atoms with E-state index in [0.717, 1.165) is 32.4 Å². The Morgan fingerprint density at radius 3 is 2.55 bits per heavy atom. The lowest BCUT2D eigenvalue weighted by Crippen LogP contribution is -2.54. The Bertz CT molecular complexity index is 563. The lowest BCUT2D eigenvalue weighted by Gasteiger charge is -2.38. The number of carbonyl (C=O) groups is 2. The molecule has 1 aliphatic heterocycles. The summed E-state index contributed by atoms with van der Waals surface area (Å²) in [7, 11) is 0. The number of ketones is 1. The lowest BCUT2D eigenvalue weighted by molar-refractivity contribution is -0.145. The van der Waals surface area contributed by atoms with Crippen molar-refractivity contribution in [2.75, 3.05) is 13.1 Å². The zero-order chi connectivity index (χ0) is 14.3. The van der Waals surface area contributed by atoms with Crippen LogP contribution in [0.15, 0.2) is 24.3 Å². The molecule has 1 aliphatic carbocycles. The van der Waals surface area contributed by atoms with Crippen LogP contribution in [0, 0.1) is 0 Å². The summed E-state index contributed by atoms with van der Waals surface area (Å²) in [6.07, 6.45) is 3.24. The van der Waals surface area contributed by atoms with Crippen LogP contribution < -0.4 is 0 Å². The van der Waals surface area contributed by atoms with Gasteiger partial charge in [0.05, 0.1) is 6.04 Å². The number of fused-ring (bicyclic) bond motifs is 1. The number of piperidine rings is 1. The third-order valence-corrected chi connectivity index (χ3v) is 4.75. The molecule has 2 aliphatic rings. The maximum Gasteiger partial charge on any atom is 0.315 e. The lowest BCUT2D eigenvalue weighted by atomic mass is 9.79. The summed E-state index contributed by atoms with van der Waals surface area (Å²) >= 11 is 0. The molecule has 1 N–H and O–H groups in total. The molecule has 0 aromatic heterocycles. The highest BCUT2D eigenvalue weighted by Crippen LogP contribution is 2.42. The van der Waals surface area contributed by atoms with E-state index in [-0.39, 0.29) is 5.78 Å².